The molecule has 3 aromatic heterocycles. The van der Waals surface area contributed by atoms with Gasteiger partial charge in [-0.2, -0.15) is 4.98 Å². The molecule has 0 radical (unpaired) electrons. The predicted molar refractivity (Wildman–Crippen MR) is 84.0 cm³/mol. The minimum absolute atomic E-state index is 0.362. The third-order valence-electron chi connectivity index (χ3n) is 2.95. The molecule has 1 N–H and O–H groups in total. The van der Waals surface area contributed by atoms with Crippen molar-refractivity contribution >= 4 is 27.5 Å². The number of thiophene rings is 1. The Morgan fingerprint density at radius 1 is 1.38 bits per heavy atom. The van der Waals surface area contributed by atoms with Crippen molar-refractivity contribution in [2.45, 2.75) is 26.9 Å². The Kier molecular flexibility index (Phi) is 4.06. The summed E-state index contributed by atoms with van der Waals surface area (Å²) in [4.78, 5) is 11.1. The summed E-state index contributed by atoms with van der Waals surface area (Å²) in [6.07, 6.45) is 2.66. The highest BCUT2D eigenvalue weighted by Crippen LogP contribution is 2.31. The Labute approximate surface area is 127 Å². The van der Waals surface area contributed by atoms with E-state index < -0.39 is 0 Å². The van der Waals surface area contributed by atoms with Crippen molar-refractivity contribution in [2.75, 3.05) is 11.9 Å². The fraction of sp³-hybridized carbons (Fsp3) is 0.333. The van der Waals surface area contributed by atoms with Gasteiger partial charge in [0.1, 0.15) is 17.2 Å². The fourth-order valence-corrected chi connectivity index (χ4v) is 2.85. The summed E-state index contributed by atoms with van der Waals surface area (Å²) in [5.41, 5.74) is 0. The lowest BCUT2D eigenvalue weighted by Crippen LogP contribution is -2.06. The molecule has 3 rings (SSSR count). The summed E-state index contributed by atoms with van der Waals surface area (Å²) in [6.45, 7) is 5.37. The van der Waals surface area contributed by atoms with Gasteiger partial charge in [-0.3, -0.25) is 0 Å². The highest BCUT2D eigenvalue weighted by molar-refractivity contribution is 7.18. The van der Waals surface area contributed by atoms with E-state index in [1.807, 2.05) is 12.1 Å². The van der Waals surface area contributed by atoms with Crippen LogP contribution in [-0.2, 0) is 6.61 Å². The molecule has 0 saturated carbocycles. The third kappa shape index (κ3) is 3.16. The lowest BCUT2D eigenvalue weighted by atomic mass is 10.3. The van der Waals surface area contributed by atoms with Crippen LogP contribution in [0.1, 0.15) is 24.0 Å². The van der Waals surface area contributed by atoms with Gasteiger partial charge in [0.25, 0.3) is 0 Å². The van der Waals surface area contributed by atoms with Crippen LogP contribution in [0.3, 0.4) is 0 Å². The van der Waals surface area contributed by atoms with Gasteiger partial charge in [-0.15, -0.1) is 11.3 Å². The summed E-state index contributed by atoms with van der Waals surface area (Å²) < 4.78 is 11.1. The minimum atomic E-state index is 0.362. The predicted octanol–water partition coefficient (Wildman–Crippen LogP) is 3.99. The van der Waals surface area contributed by atoms with E-state index >= 15 is 0 Å². The average molecular weight is 303 g/mol. The Hall–Kier alpha value is -2.08. The Morgan fingerprint density at radius 3 is 3.05 bits per heavy atom. The molecule has 5 nitrogen and oxygen atoms in total. The average Bonchev–Trinajstić information content (AvgIpc) is 3.10. The zero-order valence-corrected chi connectivity index (χ0v) is 12.9. The van der Waals surface area contributed by atoms with E-state index in [4.69, 9.17) is 9.15 Å². The van der Waals surface area contributed by atoms with Gasteiger partial charge in [0, 0.05) is 11.4 Å². The van der Waals surface area contributed by atoms with Crippen LogP contribution in [0.25, 0.3) is 10.2 Å². The first-order valence-corrected chi connectivity index (χ1v) is 7.75. The highest BCUT2D eigenvalue weighted by atomic mass is 32.1. The second-order valence-corrected chi connectivity index (χ2v) is 5.96. The number of anilines is 1. The number of furan rings is 1. The molecule has 0 fully saturated rings. The first kappa shape index (κ1) is 13.9. The number of aryl methyl sites for hydroxylation is 1. The van der Waals surface area contributed by atoms with Gasteiger partial charge in [0.05, 0.1) is 11.6 Å². The van der Waals surface area contributed by atoms with E-state index in [0.717, 1.165) is 28.9 Å². The van der Waals surface area contributed by atoms with Crippen molar-refractivity contribution in [3.8, 4) is 5.88 Å². The number of ether oxygens (including phenoxy) is 1. The van der Waals surface area contributed by atoms with Crippen LogP contribution in [0.4, 0.5) is 5.95 Å². The van der Waals surface area contributed by atoms with Crippen LogP contribution in [0.2, 0.25) is 0 Å². The Bertz CT molecular complexity index is 722. The highest BCUT2D eigenvalue weighted by Gasteiger charge is 2.12. The quantitative estimate of drug-likeness (QED) is 0.746. The first-order chi connectivity index (χ1) is 10.3. The molecule has 3 heterocycles. The summed E-state index contributed by atoms with van der Waals surface area (Å²) in [5.74, 6) is 1.98. The van der Waals surface area contributed by atoms with Gasteiger partial charge in [0.15, 0.2) is 0 Å². The molecule has 21 heavy (non-hydrogen) atoms. The molecular weight excluding hydrogens is 286 g/mol. The molecule has 3 aromatic rings. The molecule has 0 saturated heterocycles. The van der Waals surface area contributed by atoms with Crippen molar-refractivity contribution in [3.63, 3.8) is 0 Å². The maximum Gasteiger partial charge on any atom is 0.227 e. The number of hydrogen-bond acceptors (Lipinski definition) is 6. The van der Waals surface area contributed by atoms with Gasteiger partial charge >= 0.3 is 0 Å². The van der Waals surface area contributed by atoms with E-state index in [9.17, 15) is 0 Å². The Morgan fingerprint density at radius 2 is 2.29 bits per heavy atom. The molecule has 0 aliphatic heterocycles. The van der Waals surface area contributed by atoms with Crippen molar-refractivity contribution < 1.29 is 9.15 Å². The summed E-state index contributed by atoms with van der Waals surface area (Å²) in [6, 6.07) is 5.78. The number of nitrogens with one attached hydrogen (secondary N) is 1. The summed E-state index contributed by atoms with van der Waals surface area (Å²) >= 11 is 1.64. The van der Waals surface area contributed by atoms with Gasteiger partial charge in [0.2, 0.25) is 11.8 Å². The molecule has 0 atom stereocenters. The zero-order valence-electron chi connectivity index (χ0n) is 12.0. The standard InChI is InChI=1S/C15H17N3O2S/c1-3-6-16-15-17-13(20-9-11-5-4-7-19-11)12-8-10(2)21-14(12)18-15/h4-5,7-8H,3,6,9H2,1-2H3,(H,16,17,18). The van der Waals surface area contributed by atoms with Crippen LogP contribution < -0.4 is 10.1 Å². The Balaban J connectivity index is 1.89. The second-order valence-electron chi connectivity index (χ2n) is 4.72. The number of rotatable bonds is 6. The van der Waals surface area contributed by atoms with E-state index in [0.29, 0.717) is 18.4 Å². The van der Waals surface area contributed by atoms with Crippen LogP contribution in [0, 0.1) is 6.92 Å². The lowest BCUT2D eigenvalue weighted by Gasteiger charge is -2.08. The van der Waals surface area contributed by atoms with Crippen LogP contribution in [0.5, 0.6) is 5.88 Å². The number of nitrogens with zero attached hydrogens (tertiary/aromatic N) is 2. The number of aromatic nitrogens is 2. The van der Waals surface area contributed by atoms with Gasteiger partial charge < -0.3 is 14.5 Å². The molecule has 0 aliphatic carbocycles. The monoisotopic (exact) mass is 303 g/mol. The van der Waals surface area contributed by atoms with Gasteiger partial charge in [-0.25, -0.2) is 4.98 Å². The first-order valence-electron chi connectivity index (χ1n) is 6.93. The third-order valence-corrected chi connectivity index (χ3v) is 3.89. The maximum absolute atomic E-state index is 5.82. The van der Waals surface area contributed by atoms with Crippen molar-refractivity contribution in [1.82, 2.24) is 9.97 Å². The van der Waals surface area contributed by atoms with Crippen molar-refractivity contribution in [2.24, 2.45) is 0 Å². The van der Waals surface area contributed by atoms with E-state index in [2.05, 4.69) is 35.2 Å². The van der Waals surface area contributed by atoms with Crippen LogP contribution in [0.15, 0.2) is 28.9 Å². The van der Waals surface area contributed by atoms with Crippen LogP contribution in [-0.4, -0.2) is 16.5 Å². The van der Waals surface area contributed by atoms with E-state index in [-0.39, 0.29) is 0 Å². The van der Waals surface area contributed by atoms with E-state index in [1.165, 1.54) is 4.88 Å². The normalized spacial score (nSPS) is 11.0. The smallest absolute Gasteiger partial charge is 0.227 e. The van der Waals surface area contributed by atoms with Crippen molar-refractivity contribution in [1.29, 1.82) is 0 Å². The van der Waals surface area contributed by atoms with Gasteiger partial charge in [-0.1, -0.05) is 6.92 Å². The summed E-state index contributed by atoms with van der Waals surface area (Å²) in [7, 11) is 0. The second kappa shape index (κ2) is 6.13. The molecule has 0 amide bonds. The lowest BCUT2D eigenvalue weighted by molar-refractivity contribution is 0.264. The summed E-state index contributed by atoms with van der Waals surface area (Å²) in [5, 5.41) is 4.16. The molecule has 110 valence electrons. The number of hydrogen-bond donors (Lipinski definition) is 1. The molecule has 0 aromatic carbocycles. The zero-order chi connectivity index (χ0) is 14.7. The maximum atomic E-state index is 5.82. The van der Waals surface area contributed by atoms with Crippen LogP contribution >= 0.6 is 11.3 Å². The SMILES string of the molecule is CCCNc1nc(OCc2ccco2)c2cc(C)sc2n1. The van der Waals surface area contributed by atoms with E-state index in [1.54, 1.807) is 17.6 Å². The van der Waals surface area contributed by atoms with Crippen molar-refractivity contribution in [3.05, 3.63) is 35.1 Å². The largest absolute Gasteiger partial charge is 0.469 e. The molecular formula is C15H17N3O2S. The topological polar surface area (TPSA) is 60.2 Å². The molecule has 0 unspecified atom stereocenters. The molecule has 0 spiro atoms. The minimum Gasteiger partial charge on any atom is -0.469 e. The molecule has 6 heteroatoms. The molecule has 0 aliphatic rings. The molecule has 0 bridgehead atoms. The fourth-order valence-electron chi connectivity index (χ4n) is 1.98. The van der Waals surface area contributed by atoms with Gasteiger partial charge in [-0.05, 0) is 31.5 Å². The number of fused-ring (bicyclic) bond motifs is 1.